The van der Waals surface area contributed by atoms with E-state index in [0.29, 0.717) is 0 Å². The highest BCUT2D eigenvalue weighted by Gasteiger charge is 2.36. The van der Waals surface area contributed by atoms with Crippen molar-refractivity contribution in [2.45, 2.75) is 44.6 Å². The van der Waals surface area contributed by atoms with E-state index in [2.05, 4.69) is 45.4 Å². The van der Waals surface area contributed by atoms with E-state index in [4.69, 9.17) is 12.2 Å². The van der Waals surface area contributed by atoms with Gasteiger partial charge in [-0.2, -0.15) is 0 Å². The van der Waals surface area contributed by atoms with E-state index in [1.54, 1.807) is 10.4 Å². The number of rotatable bonds is 4. The van der Waals surface area contributed by atoms with Crippen molar-refractivity contribution in [2.24, 2.45) is 0 Å². The lowest BCUT2D eigenvalue weighted by Crippen LogP contribution is -2.45. The third-order valence-electron chi connectivity index (χ3n) is 6.25. The lowest BCUT2D eigenvalue weighted by Gasteiger charge is -2.40. The zero-order valence-corrected chi connectivity index (χ0v) is 17.4. The number of nitrogens with zero attached hydrogens (tertiary/aromatic N) is 2. The van der Waals surface area contributed by atoms with E-state index in [0.717, 1.165) is 18.2 Å². The van der Waals surface area contributed by atoms with Crippen LogP contribution in [-0.4, -0.2) is 41.1 Å². The molecule has 5 heteroatoms. The molecule has 1 aromatic carbocycles. The van der Waals surface area contributed by atoms with Gasteiger partial charge in [0, 0.05) is 23.5 Å². The molecule has 2 aromatic rings. The second-order valence-electron chi connectivity index (χ2n) is 7.94. The molecule has 142 valence electrons. The van der Waals surface area contributed by atoms with Gasteiger partial charge in [-0.15, -0.1) is 11.3 Å². The first kappa shape index (κ1) is 17.7. The Morgan fingerprint density at radius 2 is 1.78 bits per heavy atom. The molecule has 1 atom stereocenters. The van der Waals surface area contributed by atoms with Crippen molar-refractivity contribution in [3.8, 4) is 0 Å². The third-order valence-corrected chi connectivity index (χ3v) is 7.81. The molecule has 1 N–H and O–H groups in total. The summed E-state index contributed by atoms with van der Waals surface area (Å²) < 4.78 is 0. The van der Waals surface area contributed by atoms with Crippen molar-refractivity contribution in [2.75, 3.05) is 31.5 Å². The average Bonchev–Trinajstić information content (AvgIpc) is 3.34. The molecule has 3 nitrogen and oxygen atoms in total. The van der Waals surface area contributed by atoms with Crippen molar-refractivity contribution < 1.29 is 0 Å². The first-order valence-electron chi connectivity index (χ1n) is 10.3. The summed E-state index contributed by atoms with van der Waals surface area (Å²) >= 11 is 7.81. The topological polar surface area (TPSA) is 18.5 Å². The Bertz CT molecular complexity index is 824. The minimum Gasteiger partial charge on any atom is -0.336 e. The van der Waals surface area contributed by atoms with Crippen molar-refractivity contribution in [1.29, 1.82) is 0 Å². The van der Waals surface area contributed by atoms with Crippen LogP contribution in [0.25, 0.3) is 0 Å². The molecular weight excluding hydrogens is 370 g/mol. The van der Waals surface area contributed by atoms with E-state index in [-0.39, 0.29) is 6.04 Å². The molecule has 3 heterocycles. The minimum atomic E-state index is 0.260. The lowest BCUT2D eigenvalue weighted by molar-refractivity contribution is 0.269. The van der Waals surface area contributed by atoms with Gasteiger partial charge in [0.1, 0.15) is 5.00 Å². The zero-order chi connectivity index (χ0) is 18.2. The Hall–Kier alpha value is -1.43. The van der Waals surface area contributed by atoms with E-state index < -0.39 is 0 Å². The highest BCUT2D eigenvalue weighted by atomic mass is 32.1. The van der Waals surface area contributed by atoms with Gasteiger partial charge >= 0.3 is 0 Å². The molecule has 5 rings (SSSR count). The predicted molar refractivity (Wildman–Crippen MR) is 118 cm³/mol. The minimum absolute atomic E-state index is 0.260. The van der Waals surface area contributed by atoms with Gasteiger partial charge in [-0.3, -0.25) is 0 Å². The third kappa shape index (κ3) is 3.30. The zero-order valence-electron chi connectivity index (χ0n) is 15.7. The van der Waals surface area contributed by atoms with Gasteiger partial charge in [0.2, 0.25) is 0 Å². The maximum absolute atomic E-state index is 5.86. The number of hydrogen-bond acceptors (Lipinski definition) is 3. The van der Waals surface area contributed by atoms with Gasteiger partial charge in [-0.05, 0) is 75.0 Å². The molecule has 0 spiro atoms. The Labute approximate surface area is 171 Å². The van der Waals surface area contributed by atoms with E-state index in [1.165, 1.54) is 67.7 Å². The molecule has 0 saturated carbocycles. The second-order valence-corrected chi connectivity index (χ2v) is 9.43. The Kier molecular flexibility index (Phi) is 4.92. The largest absolute Gasteiger partial charge is 0.336 e. The van der Waals surface area contributed by atoms with Crippen LogP contribution in [-0.2, 0) is 12.8 Å². The molecule has 2 aliphatic heterocycles. The summed E-state index contributed by atoms with van der Waals surface area (Å²) in [7, 11) is 0. The van der Waals surface area contributed by atoms with Crippen LogP contribution in [0, 0.1) is 0 Å². The maximum Gasteiger partial charge on any atom is 0.174 e. The first-order chi connectivity index (χ1) is 13.3. The van der Waals surface area contributed by atoms with Crippen LogP contribution in [0.3, 0.4) is 0 Å². The molecule has 0 amide bonds. The molecule has 1 fully saturated rings. The van der Waals surface area contributed by atoms with Crippen molar-refractivity contribution in [1.82, 2.24) is 9.80 Å². The van der Waals surface area contributed by atoms with Crippen LogP contribution in [0.15, 0.2) is 30.3 Å². The van der Waals surface area contributed by atoms with E-state index >= 15 is 0 Å². The van der Waals surface area contributed by atoms with Gasteiger partial charge in [0.05, 0.1) is 6.04 Å². The molecule has 1 aliphatic carbocycles. The van der Waals surface area contributed by atoms with Gasteiger partial charge in [-0.25, -0.2) is 0 Å². The summed E-state index contributed by atoms with van der Waals surface area (Å²) in [6.07, 6.45) is 7.77. The fraction of sp³-hybridized carbons (Fsp3) is 0.500. The quantitative estimate of drug-likeness (QED) is 0.745. The molecule has 1 aromatic heterocycles. The number of likely N-dealkylation sites (tertiary alicyclic amines) is 1. The molecular formula is C22H27N3S2. The van der Waals surface area contributed by atoms with Crippen LogP contribution in [0.1, 0.15) is 53.3 Å². The number of thiophene rings is 1. The van der Waals surface area contributed by atoms with E-state index in [1.807, 2.05) is 11.3 Å². The lowest BCUT2D eigenvalue weighted by atomic mass is 9.88. The van der Waals surface area contributed by atoms with Crippen LogP contribution in [0.5, 0.6) is 0 Å². The molecule has 0 bridgehead atoms. The van der Waals surface area contributed by atoms with Crippen LogP contribution in [0.2, 0.25) is 0 Å². The smallest absolute Gasteiger partial charge is 0.174 e. The summed E-state index contributed by atoms with van der Waals surface area (Å²) in [6.45, 7) is 4.58. The maximum atomic E-state index is 5.86. The van der Waals surface area contributed by atoms with Gasteiger partial charge in [0.15, 0.2) is 5.11 Å². The summed E-state index contributed by atoms with van der Waals surface area (Å²) in [5, 5.41) is 5.80. The summed E-state index contributed by atoms with van der Waals surface area (Å²) in [5.41, 5.74) is 4.49. The van der Waals surface area contributed by atoms with Crippen molar-refractivity contribution in [3.05, 3.63) is 51.9 Å². The fourth-order valence-corrected chi connectivity index (χ4v) is 6.57. The standard InChI is InChI=1S/C22H27N3S2/c26-22-23-21-19(17-10-4-5-11-18(17)27-21)20(16-8-2-1-3-9-16)25(22)15-14-24-12-6-7-13-24/h1-3,8-9,20H,4-7,10-15H2,(H,23,26). The van der Waals surface area contributed by atoms with Crippen molar-refractivity contribution >= 4 is 33.7 Å². The summed E-state index contributed by atoms with van der Waals surface area (Å²) in [5.74, 6) is 0. The summed E-state index contributed by atoms with van der Waals surface area (Å²) in [6, 6.07) is 11.3. The first-order valence-corrected chi connectivity index (χ1v) is 11.5. The molecule has 3 aliphatic rings. The molecule has 27 heavy (non-hydrogen) atoms. The van der Waals surface area contributed by atoms with Gasteiger partial charge in [0.25, 0.3) is 0 Å². The number of hydrogen-bond donors (Lipinski definition) is 1. The highest BCUT2D eigenvalue weighted by Crippen LogP contribution is 2.47. The van der Waals surface area contributed by atoms with Gasteiger partial charge < -0.3 is 15.1 Å². The van der Waals surface area contributed by atoms with Crippen LogP contribution >= 0.6 is 23.6 Å². The van der Waals surface area contributed by atoms with E-state index in [9.17, 15) is 0 Å². The molecule has 1 saturated heterocycles. The number of thiocarbonyl (C=S) groups is 1. The van der Waals surface area contributed by atoms with Crippen LogP contribution < -0.4 is 5.32 Å². The number of nitrogens with one attached hydrogen (secondary N) is 1. The number of fused-ring (bicyclic) bond motifs is 3. The SMILES string of the molecule is S=C1Nc2sc3c(c2C(c2ccccc2)N1CCN1CCCC1)CCCC3. The Morgan fingerprint density at radius 3 is 2.59 bits per heavy atom. The van der Waals surface area contributed by atoms with Gasteiger partial charge in [-0.1, -0.05) is 30.3 Å². The van der Waals surface area contributed by atoms with Crippen molar-refractivity contribution in [3.63, 3.8) is 0 Å². The number of aryl methyl sites for hydroxylation is 1. The van der Waals surface area contributed by atoms with Crippen LogP contribution in [0.4, 0.5) is 5.00 Å². The summed E-state index contributed by atoms with van der Waals surface area (Å²) in [4.78, 5) is 6.62. The predicted octanol–water partition coefficient (Wildman–Crippen LogP) is 4.82. The molecule has 0 radical (unpaired) electrons. The monoisotopic (exact) mass is 397 g/mol. The number of anilines is 1. The second kappa shape index (κ2) is 7.53. The Morgan fingerprint density at radius 1 is 1.00 bits per heavy atom. The Balaban J connectivity index is 1.53. The average molecular weight is 398 g/mol. The fourth-order valence-electron chi connectivity index (χ4n) is 4.88. The normalized spacial score (nSPS) is 22.4. The molecule has 1 unspecified atom stereocenters. The highest BCUT2D eigenvalue weighted by molar-refractivity contribution is 7.80. The number of benzene rings is 1.